The minimum absolute atomic E-state index is 0.343. The number of carboxylic acids is 1. The lowest BCUT2D eigenvalue weighted by Crippen LogP contribution is -2.28. The Bertz CT molecular complexity index is 984. The van der Waals surface area contributed by atoms with E-state index in [0.717, 1.165) is 9.99 Å². The molecule has 0 aliphatic rings. The van der Waals surface area contributed by atoms with Gasteiger partial charge in [0.05, 0.1) is 11.4 Å². The lowest BCUT2D eigenvalue weighted by Gasteiger charge is -2.10. The average Bonchev–Trinajstić information content (AvgIpc) is 2.55. The predicted octanol–water partition coefficient (Wildman–Crippen LogP) is 2.75. The Labute approximate surface area is 144 Å². The third-order valence-electron chi connectivity index (χ3n) is 3.40. The molecule has 0 aliphatic heterocycles. The van der Waals surface area contributed by atoms with Crippen LogP contribution in [-0.2, 0) is 0 Å². The molecule has 0 bridgehead atoms. The monoisotopic (exact) mass is 358 g/mol. The number of hydrogen-bond donors (Lipinski definition) is 1. The smallest absolute Gasteiger partial charge is 0.341 e. The van der Waals surface area contributed by atoms with E-state index in [-0.39, 0.29) is 5.56 Å². The largest absolute Gasteiger partial charge is 0.477 e. The molecular formula is C17H12ClN2O3P. The molecule has 3 aromatic rings. The van der Waals surface area contributed by atoms with Gasteiger partial charge in [-0.3, -0.25) is 4.79 Å². The molecule has 24 heavy (non-hydrogen) atoms. The molecule has 1 unspecified atom stereocenters. The molecule has 1 heterocycles. The van der Waals surface area contributed by atoms with Gasteiger partial charge in [0.2, 0.25) is 0 Å². The molecule has 120 valence electrons. The second kappa shape index (κ2) is 6.56. The van der Waals surface area contributed by atoms with Crippen molar-refractivity contribution in [3.63, 3.8) is 0 Å². The van der Waals surface area contributed by atoms with Gasteiger partial charge in [0, 0.05) is 10.6 Å². The first-order valence-electron chi connectivity index (χ1n) is 6.95. The Morgan fingerprint density at radius 3 is 2.46 bits per heavy atom. The number of aromatic carboxylic acids is 1. The molecule has 0 amide bonds. The highest BCUT2D eigenvalue weighted by molar-refractivity contribution is 7.27. The molecule has 5 nitrogen and oxygen atoms in total. The summed E-state index contributed by atoms with van der Waals surface area (Å²) in [5, 5.41) is 15.1. The Kier molecular flexibility index (Phi) is 4.47. The highest BCUT2D eigenvalue weighted by Gasteiger charge is 2.16. The lowest BCUT2D eigenvalue weighted by molar-refractivity contribution is 0.0694. The van der Waals surface area contributed by atoms with E-state index in [1.54, 1.807) is 42.5 Å². The number of carbonyl (C=O) groups is 1. The number of benzene rings is 2. The number of halogens is 1. The molecule has 2 aromatic carbocycles. The van der Waals surface area contributed by atoms with Gasteiger partial charge in [-0.05, 0) is 35.6 Å². The molecule has 0 saturated carbocycles. The van der Waals surface area contributed by atoms with Crippen molar-refractivity contribution in [2.45, 2.75) is 0 Å². The first-order chi connectivity index (χ1) is 11.5. The molecule has 1 atom stereocenters. The molecule has 0 radical (unpaired) electrons. The highest BCUT2D eigenvalue weighted by Crippen LogP contribution is 2.20. The molecule has 0 fully saturated rings. The fraction of sp³-hybridized carbons (Fsp3) is 0. The van der Waals surface area contributed by atoms with Crippen LogP contribution in [0.4, 0.5) is 0 Å². The quantitative estimate of drug-likeness (QED) is 0.731. The van der Waals surface area contributed by atoms with Crippen LogP contribution in [0.5, 0.6) is 0 Å². The topological polar surface area (TPSA) is 72.2 Å². The van der Waals surface area contributed by atoms with Crippen LogP contribution in [0.2, 0.25) is 5.02 Å². The van der Waals surface area contributed by atoms with Crippen LogP contribution >= 0.6 is 20.8 Å². The molecule has 1 aromatic heterocycles. The summed E-state index contributed by atoms with van der Waals surface area (Å²) in [4.78, 5) is 23.9. The Morgan fingerprint density at radius 1 is 1.12 bits per heavy atom. The zero-order valence-corrected chi connectivity index (χ0v) is 14.2. The van der Waals surface area contributed by atoms with Gasteiger partial charge in [0.25, 0.3) is 5.56 Å². The van der Waals surface area contributed by atoms with Gasteiger partial charge in [-0.1, -0.05) is 35.9 Å². The highest BCUT2D eigenvalue weighted by atomic mass is 35.5. The van der Waals surface area contributed by atoms with Crippen LogP contribution in [0.1, 0.15) is 10.4 Å². The molecule has 0 saturated heterocycles. The van der Waals surface area contributed by atoms with E-state index in [0.29, 0.717) is 22.0 Å². The van der Waals surface area contributed by atoms with Gasteiger partial charge in [0.15, 0.2) is 0 Å². The van der Waals surface area contributed by atoms with E-state index in [4.69, 9.17) is 11.6 Å². The third-order valence-corrected chi connectivity index (χ3v) is 4.01. The zero-order chi connectivity index (χ0) is 17.3. The summed E-state index contributed by atoms with van der Waals surface area (Å²) in [6, 6.07) is 15.1. The van der Waals surface area contributed by atoms with Crippen LogP contribution < -0.4 is 10.9 Å². The SMILES string of the molecule is O=C(O)c1cc(-c2ccc(Cl)cc2)nn(-c2cccc(P)c2)c1=O. The molecule has 1 N–H and O–H groups in total. The Morgan fingerprint density at radius 2 is 1.83 bits per heavy atom. The van der Waals surface area contributed by atoms with Crippen LogP contribution in [0.3, 0.4) is 0 Å². The Balaban J connectivity index is 2.27. The summed E-state index contributed by atoms with van der Waals surface area (Å²) in [6.45, 7) is 0. The van der Waals surface area contributed by atoms with Crippen LogP contribution in [0.25, 0.3) is 16.9 Å². The van der Waals surface area contributed by atoms with Crippen LogP contribution in [-0.4, -0.2) is 20.9 Å². The van der Waals surface area contributed by atoms with Gasteiger partial charge < -0.3 is 5.11 Å². The van der Waals surface area contributed by atoms with E-state index in [2.05, 4.69) is 14.3 Å². The van der Waals surface area contributed by atoms with Crippen molar-refractivity contribution < 1.29 is 9.90 Å². The van der Waals surface area contributed by atoms with Crippen LogP contribution in [0.15, 0.2) is 59.4 Å². The van der Waals surface area contributed by atoms with Crippen molar-refractivity contribution in [3.8, 4) is 16.9 Å². The van der Waals surface area contributed by atoms with E-state index in [1.807, 2.05) is 6.07 Å². The van der Waals surface area contributed by atoms with Gasteiger partial charge in [-0.25, -0.2) is 4.79 Å². The van der Waals surface area contributed by atoms with Crippen molar-refractivity contribution in [1.29, 1.82) is 0 Å². The number of rotatable bonds is 3. The second-order valence-corrected chi connectivity index (χ2v) is 6.17. The van der Waals surface area contributed by atoms with Crippen LogP contribution in [0, 0.1) is 0 Å². The van der Waals surface area contributed by atoms with Gasteiger partial charge in [0.1, 0.15) is 5.56 Å². The first-order valence-corrected chi connectivity index (χ1v) is 7.91. The first kappa shape index (κ1) is 16.4. The second-order valence-electron chi connectivity index (χ2n) is 5.07. The molecule has 3 rings (SSSR count). The fourth-order valence-corrected chi connectivity index (χ4v) is 2.65. The molecular weight excluding hydrogens is 347 g/mol. The average molecular weight is 359 g/mol. The van der Waals surface area contributed by atoms with Crippen molar-refractivity contribution in [3.05, 3.63) is 75.5 Å². The van der Waals surface area contributed by atoms with Crippen molar-refractivity contribution in [2.24, 2.45) is 0 Å². The summed E-state index contributed by atoms with van der Waals surface area (Å²) >= 11 is 5.88. The summed E-state index contributed by atoms with van der Waals surface area (Å²) in [5.41, 5.74) is 0.501. The van der Waals surface area contributed by atoms with Crippen molar-refractivity contribution >= 4 is 32.1 Å². The number of aromatic nitrogens is 2. The number of nitrogens with zero attached hydrogens (tertiary/aromatic N) is 2. The van der Waals surface area contributed by atoms with Gasteiger partial charge >= 0.3 is 5.97 Å². The van der Waals surface area contributed by atoms with E-state index < -0.39 is 11.5 Å². The Hall–Kier alpha value is -2.49. The lowest BCUT2D eigenvalue weighted by atomic mass is 10.1. The summed E-state index contributed by atoms with van der Waals surface area (Å²) in [7, 11) is 2.53. The summed E-state index contributed by atoms with van der Waals surface area (Å²) < 4.78 is 1.10. The van der Waals surface area contributed by atoms with E-state index in [9.17, 15) is 14.7 Å². The number of hydrogen-bond acceptors (Lipinski definition) is 3. The summed E-state index contributed by atoms with van der Waals surface area (Å²) in [5.74, 6) is -1.30. The number of carboxylic acid groups (broad SMARTS) is 1. The minimum atomic E-state index is -1.30. The molecule has 7 heteroatoms. The fourth-order valence-electron chi connectivity index (χ4n) is 2.24. The minimum Gasteiger partial charge on any atom is -0.477 e. The summed E-state index contributed by atoms with van der Waals surface area (Å²) in [6.07, 6.45) is 0. The standard InChI is InChI=1S/C17H12ClN2O3P/c18-11-6-4-10(5-7-11)15-9-14(17(22)23)16(21)20(19-15)12-2-1-3-13(24)8-12/h1-9H,24H2,(H,22,23). The molecule has 0 aliphatic carbocycles. The maximum Gasteiger partial charge on any atom is 0.341 e. The zero-order valence-electron chi connectivity index (χ0n) is 12.3. The van der Waals surface area contributed by atoms with Crippen molar-refractivity contribution in [2.75, 3.05) is 0 Å². The van der Waals surface area contributed by atoms with E-state index in [1.165, 1.54) is 6.07 Å². The van der Waals surface area contributed by atoms with Crippen molar-refractivity contribution in [1.82, 2.24) is 9.78 Å². The third kappa shape index (κ3) is 3.23. The molecule has 0 spiro atoms. The maximum atomic E-state index is 12.5. The maximum absolute atomic E-state index is 12.5. The van der Waals surface area contributed by atoms with E-state index >= 15 is 0 Å². The van der Waals surface area contributed by atoms with Gasteiger partial charge in [-0.15, -0.1) is 9.24 Å². The predicted molar refractivity (Wildman–Crippen MR) is 96.6 cm³/mol. The van der Waals surface area contributed by atoms with Gasteiger partial charge in [-0.2, -0.15) is 9.78 Å². The normalized spacial score (nSPS) is 10.6.